The number of rotatable bonds is 3. The van der Waals surface area contributed by atoms with E-state index in [1.807, 2.05) is 0 Å². The highest BCUT2D eigenvalue weighted by Crippen LogP contribution is 2.39. The second kappa shape index (κ2) is 6.13. The van der Waals surface area contributed by atoms with Crippen molar-refractivity contribution in [1.82, 2.24) is 0 Å². The molecule has 2 rings (SSSR count). The van der Waals surface area contributed by atoms with E-state index < -0.39 is 11.7 Å². The number of hydrogen-bond donors (Lipinski definition) is 1. The van der Waals surface area contributed by atoms with Crippen LogP contribution in [0.4, 0.5) is 13.2 Å². The molecule has 0 aliphatic rings. The van der Waals surface area contributed by atoms with Gasteiger partial charge in [-0.05, 0) is 28.8 Å². The van der Waals surface area contributed by atoms with E-state index in [-0.39, 0.29) is 11.6 Å². The summed E-state index contributed by atoms with van der Waals surface area (Å²) in [6.07, 6.45) is -4.46. The molecule has 0 aromatic heterocycles. The Morgan fingerprint density at radius 2 is 1.86 bits per heavy atom. The Kier molecular flexibility index (Phi) is 4.66. The normalized spacial score (nSPS) is 11.5. The molecular weight excluding hydrogens is 319 g/mol. The molecule has 0 spiro atoms. The number of nitrogens with two attached hydrogens (primary N) is 1. The van der Waals surface area contributed by atoms with Crippen LogP contribution in [-0.4, -0.2) is 5.37 Å². The fourth-order valence-corrected chi connectivity index (χ4v) is 2.66. The van der Waals surface area contributed by atoms with Gasteiger partial charge in [0.2, 0.25) is 0 Å². The maximum atomic E-state index is 12.8. The summed E-state index contributed by atoms with van der Waals surface area (Å²) >= 11 is 11.0. The van der Waals surface area contributed by atoms with Gasteiger partial charge >= 0.3 is 6.18 Å². The smallest absolute Gasteiger partial charge is 0.326 e. The molecule has 21 heavy (non-hydrogen) atoms. The van der Waals surface area contributed by atoms with E-state index in [0.717, 1.165) is 12.1 Å². The number of thiocarbonyl (C=S) groups is 1. The van der Waals surface area contributed by atoms with Crippen molar-refractivity contribution < 1.29 is 13.2 Å². The van der Waals surface area contributed by atoms with Crippen LogP contribution in [0.5, 0.6) is 0 Å². The summed E-state index contributed by atoms with van der Waals surface area (Å²) in [5, 5.41) is 1.47. The van der Waals surface area contributed by atoms with Crippen molar-refractivity contribution in [2.45, 2.75) is 12.7 Å². The molecule has 0 atom stereocenters. The van der Waals surface area contributed by atoms with Crippen molar-refractivity contribution in [2.24, 2.45) is 5.73 Å². The monoisotopic (exact) mass is 329 g/mol. The predicted octanol–water partition coefficient (Wildman–Crippen LogP) is 4.83. The molecule has 0 unspecified atom stereocenters. The summed E-state index contributed by atoms with van der Waals surface area (Å²) in [6, 6.07) is 9.04. The van der Waals surface area contributed by atoms with Crippen molar-refractivity contribution in [2.75, 3.05) is 0 Å². The van der Waals surface area contributed by atoms with Crippen molar-refractivity contribution in [1.29, 1.82) is 0 Å². The maximum Gasteiger partial charge on any atom is 0.416 e. The first kappa shape index (κ1) is 15.9. The number of alkyl halides is 3. The van der Waals surface area contributed by atoms with Crippen molar-refractivity contribution in [3.63, 3.8) is 0 Å². The largest absolute Gasteiger partial charge is 0.416 e. The van der Waals surface area contributed by atoms with E-state index in [4.69, 9.17) is 29.6 Å². The summed E-state index contributed by atoms with van der Waals surface area (Å²) in [7, 11) is 0. The van der Waals surface area contributed by atoms with Gasteiger partial charge in [-0.15, -0.1) is 0 Å². The minimum atomic E-state index is -4.46. The van der Waals surface area contributed by atoms with Gasteiger partial charge in [-0.2, -0.15) is 13.2 Å². The SMILES string of the molecule is NCc1cc(C(F)(F)F)cc(Cl)c1-c1ccccc1C=S. The number of hydrogen-bond acceptors (Lipinski definition) is 2. The predicted molar refractivity (Wildman–Crippen MR) is 82.5 cm³/mol. The van der Waals surface area contributed by atoms with Crippen LogP contribution in [0.1, 0.15) is 16.7 Å². The highest BCUT2D eigenvalue weighted by molar-refractivity contribution is 7.79. The fourth-order valence-electron chi connectivity index (χ4n) is 2.12. The van der Waals surface area contributed by atoms with Gasteiger partial charge in [0.15, 0.2) is 0 Å². The lowest BCUT2D eigenvalue weighted by molar-refractivity contribution is -0.137. The van der Waals surface area contributed by atoms with Gasteiger partial charge in [-0.1, -0.05) is 48.1 Å². The van der Waals surface area contributed by atoms with Gasteiger partial charge in [-0.25, -0.2) is 0 Å². The Morgan fingerprint density at radius 1 is 1.19 bits per heavy atom. The standard InChI is InChI=1S/C15H11ClF3NS/c16-13-6-11(15(17,18)19)5-10(7-20)14(13)12-4-2-1-3-9(12)8-21/h1-6,8H,7,20H2. The second-order valence-corrected chi connectivity index (χ2v) is 5.04. The summed E-state index contributed by atoms with van der Waals surface area (Å²) in [4.78, 5) is 0. The number of benzene rings is 2. The summed E-state index contributed by atoms with van der Waals surface area (Å²) in [5.74, 6) is 0. The molecule has 0 heterocycles. The molecule has 1 nitrogen and oxygen atoms in total. The van der Waals surface area contributed by atoms with Gasteiger partial charge in [0.05, 0.1) is 5.56 Å². The zero-order valence-corrected chi connectivity index (χ0v) is 12.3. The summed E-state index contributed by atoms with van der Waals surface area (Å²) in [5.41, 5.74) is 7.00. The molecular formula is C15H11ClF3NS. The zero-order valence-electron chi connectivity index (χ0n) is 10.7. The summed E-state index contributed by atoms with van der Waals surface area (Å²) < 4.78 is 38.5. The Morgan fingerprint density at radius 3 is 2.43 bits per heavy atom. The van der Waals surface area contributed by atoms with Crippen LogP contribution in [0.15, 0.2) is 36.4 Å². The molecule has 6 heteroatoms. The molecule has 0 aliphatic heterocycles. The lowest BCUT2D eigenvalue weighted by Crippen LogP contribution is -2.09. The lowest BCUT2D eigenvalue weighted by atomic mass is 9.94. The van der Waals surface area contributed by atoms with Gasteiger partial charge in [0.1, 0.15) is 0 Å². The van der Waals surface area contributed by atoms with E-state index in [2.05, 4.69) is 0 Å². The van der Waals surface area contributed by atoms with E-state index in [9.17, 15) is 13.2 Å². The van der Waals surface area contributed by atoms with Crippen molar-refractivity contribution >= 4 is 29.2 Å². The third kappa shape index (κ3) is 3.26. The third-order valence-electron chi connectivity index (χ3n) is 3.08. The molecule has 0 fully saturated rings. The molecule has 0 radical (unpaired) electrons. The van der Waals surface area contributed by atoms with E-state index >= 15 is 0 Å². The quantitative estimate of drug-likeness (QED) is 0.816. The molecule has 2 N–H and O–H groups in total. The fraction of sp³-hybridized carbons (Fsp3) is 0.133. The Balaban J connectivity index is 2.72. The van der Waals surface area contributed by atoms with Crippen LogP contribution >= 0.6 is 23.8 Å². The van der Waals surface area contributed by atoms with Gasteiger partial charge in [0.25, 0.3) is 0 Å². The molecule has 0 bridgehead atoms. The number of halogens is 4. The average Bonchev–Trinajstić information content (AvgIpc) is 2.45. The van der Waals surface area contributed by atoms with E-state index in [1.54, 1.807) is 24.3 Å². The van der Waals surface area contributed by atoms with E-state index in [0.29, 0.717) is 22.3 Å². The Labute approximate surface area is 130 Å². The van der Waals surface area contributed by atoms with Gasteiger partial charge < -0.3 is 5.73 Å². The minimum Gasteiger partial charge on any atom is -0.326 e. The van der Waals surface area contributed by atoms with Crippen LogP contribution in [0.25, 0.3) is 11.1 Å². The Bertz CT molecular complexity index is 683. The molecule has 2 aromatic rings. The third-order valence-corrected chi connectivity index (χ3v) is 3.63. The molecule has 110 valence electrons. The van der Waals surface area contributed by atoms with Crippen LogP contribution < -0.4 is 5.73 Å². The molecule has 0 saturated heterocycles. The first-order valence-corrected chi connectivity index (χ1v) is 6.87. The van der Waals surface area contributed by atoms with Gasteiger partial charge in [-0.3, -0.25) is 0 Å². The topological polar surface area (TPSA) is 26.0 Å². The Hall–Kier alpha value is -1.43. The molecule has 2 aromatic carbocycles. The average molecular weight is 330 g/mol. The summed E-state index contributed by atoms with van der Waals surface area (Å²) in [6.45, 7) is -0.0509. The first-order valence-electron chi connectivity index (χ1n) is 6.02. The molecule has 0 aliphatic carbocycles. The van der Waals surface area contributed by atoms with Crippen LogP contribution in [0, 0.1) is 0 Å². The van der Waals surface area contributed by atoms with Crippen LogP contribution in [-0.2, 0) is 12.7 Å². The lowest BCUT2D eigenvalue weighted by Gasteiger charge is -2.16. The van der Waals surface area contributed by atoms with Crippen molar-refractivity contribution in [3.05, 3.63) is 58.1 Å². The second-order valence-electron chi connectivity index (χ2n) is 4.40. The zero-order chi connectivity index (χ0) is 15.6. The minimum absolute atomic E-state index is 0.00887. The van der Waals surface area contributed by atoms with Crippen LogP contribution in [0.2, 0.25) is 5.02 Å². The van der Waals surface area contributed by atoms with Crippen molar-refractivity contribution in [3.8, 4) is 11.1 Å². The van der Waals surface area contributed by atoms with Gasteiger partial charge in [0, 0.05) is 22.5 Å². The molecule has 0 amide bonds. The maximum absolute atomic E-state index is 12.8. The highest BCUT2D eigenvalue weighted by atomic mass is 35.5. The molecule has 0 saturated carbocycles. The van der Waals surface area contributed by atoms with E-state index in [1.165, 1.54) is 5.37 Å². The highest BCUT2D eigenvalue weighted by Gasteiger charge is 2.32. The first-order chi connectivity index (χ1) is 9.88. The van der Waals surface area contributed by atoms with Crippen LogP contribution in [0.3, 0.4) is 0 Å².